The van der Waals surface area contributed by atoms with Crippen molar-refractivity contribution in [2.75, 3.05) is 0 Å². The van der Waals surface area contributed by atoms with Crippen LogP contribution in [0.1, 0.15) is 25.5 Å². The molecule has 17 heavy (non-hydrogen) atoms. The zero-order chi connectivity index (χ0) is 12.3. The lowest BCUT2D eigenvalue weighted by Crippen LogP contribution is -1.97. The topological polar surface area (TPSA) is 38.1 Å². The van der Waals surface area contributed by atoms with Gasteiger partial charge in [0, 0.05) is 12.6 Å². The van der Waals surface area contributed by atoms with Gasteiger partial charge in [-0.3, -0.25) is 4.68 Å². The third-order valence-electron chi connectivity index (χ3n) is 2.95. The lowest BCUT2D eigenvalue weighted by Gasteiger charge is -2.00. The molecule has 0 aliphatic rings. The molecule has 90 valence electrons. The van der Waals surface area contributed by atoms with Crippen LogP contribution in [0.4, 0.5) is 0 Å². The third-order valence-corrected chi connectivity index (χ3v) is 2.95. The molecule has 1 heterocycles. The second-order valence-electron chi connectivity index (χ2n) is 4.24. The van der Waals surface area contributed by atoms with Gasteiger partial charge in [-0.15, -0.1) is 0 Å². The standard InChI is InChI=1S/C14H18N2O/c1-3-4-10-12-14(17)13(15-16(12)2)11-8-6-5-7-9-11/h5-9,17H,3-4,10H2,1-2H3. The van der Waals surface area contributed by atoms with Crippen LogP contribution in [-0.2, 0) is 13.5 Å². The van der Waals surface area contributed by atoms with E-state index >= 15 is 0 Å². The summed E-state index contributed by atoms with van der Waals surface area (Å²) in [5.41, 5.74) is 2.56. The first kappa shape index (κ1) is 11.7. The minimum absolute atomic E-state index is 0.326. The molecule has 0 saturated heterocycles. The summed E-state index contributed by atoms with van der Waals surface area (Å²) in [5.74, 6) is 0.326. The lowest BCUT2D eigenvalue weighted by molar-refractivity contribution is 0.465. The van der Waals surface area contributed by atoms with Crippen molar-refractivity contribution in [3.63, 3.8) is 0 Å². The fraction of sp³-hybridized carbons (Fsp3) is 0.357. The van der Waals surface area contributed by atoms with Crippen LogP contribution in [0, 0.1) is 0 Å². The molecule has 0 bridgehead atoms. The smallest absolute Gasteiger partial charge is 0.164 e. The molecular formula is C14H18N2O. The Morgan fingerprint density at radius 1 is 1.24 bits per heavy atom. The number of nitrogens with zero attached hydrogens (tertiary/aromatic N) is 2. The molecule has 0 unspecified atom stereocenters. The number of aryl methyl sites for hydroxylation is 1. The summed E-state index contributed by atoms with van der Waals surface area (Å²) in [7, 11) is 1.89. The maximum atomic E-state index is 10.2. The lowest BCUT2D eigenvalue weighted by atomic mass is 10.1. The molecule has 0 aliphatic heterocycles. The van der Waals surface area contributed by atoms with Crippen molar-refractivity contribution < 1.29 is 5.11 Å². The molecule has 0 radical (unpaired) electrons. The summed E-state index contributed by atoms with van der Waals surface area (Å²) in [4.78, 5) is 0. The highest BCUT2D eigenvalue weighted by atomic mass is 16.3. The molecule has 0 aliphatic carbocycles. The molecule has 1 aromatic heterocycles. The predicted octanol–water partition coefficient (Wildman–Crippen LogP) is 3.14. The van der Waals surface area contributed by atoms with Crippen molar-refractivity contribution in [2.24, 2.45) is 7.05 Å². The molecular weight excluding hydrogens is 212 g/mol. The van der Waals surface area contributed by atoms with Crippen molar-refractivity contribution >= 4 is 0 Å². The van der Waals surface area contributed by atoms with Gasteiger partial charge in [0.15, 0.2) is 5.75 Å². The summed E-state index contributed by atoms with van der Waals surface area (Å²) < 4.78 is 1.79. The van der Waals surface area contributed by atoms with Gasteiger partial charge in [0.05, 0.1) is 5.69 Å². The van der Waals surface area contributed by atoms with Crippen molar-refractivity contribution in [3.05, 3.63) is 36.0 Å². The van der Waals surface area contributed by atoms with Gasteiger partial charge in [-0.05, 0) is 12.8 Å². The second kappa shape index (κ2) is 5.04. The average molecular weight is 230 g/mol. The Labute approximate surface area is 102 Å². The van der Waals surface area contributed by atoms with Crippen LogP contribution in [0.3, 0.4) is 0 Å². The van der Waals surface area contributed by atoms with Gasteiger partial charge < -0.3 is 5.11 Å². The quantitative estimate of drug-likeness (QED) is 0.876. The molecule has 1 aromatic carbocycles. The zero-order valence-corrected chi connectivity index (χ0v) is 10.3. The van der Waals surface area contributed by atoms with Gasteiger partial charge in [-0.2, -0.15) is 5.10 Å². The van der Waals surface area contributed by atoms with E-state index in [-0.39, 0.29) is 0 Å². The van der Waals surface area contributed by atoms with E-state index in [0.29, 0.717) is 11.4 Å². The Kier molecular flexibility index (Phi) is 3.47. The molecule has 3 nitrogen and oxygen atoms in total. The van der Waals surface area contributed by atoms with E-state index in [1.165, 1.54) is 0 Å². The van der Waals surface area contributed by atoms with Crippen LogP contribution in [0.25, 0.3) is 11.3 Å². The Bertz CT molecular complexity index is 488. The van der Waals surface area contributed by atoms with Crippen LogP contribution in [0.15, 0.2) is 30.3 Å². The highest BCUT2D eigenvalue weighted by Gasteiger charge is 2.15. The van der Waals surface area contributed by atoms with Crippen LogP contribution >= 0.6 is 0 Å². The number of hydrogen-bond acceptors (Lipinski definition) is 2. The monoisotopic (exact) mass is 230 g/mol. The number of hydrogen-bond donors (Lipinski definition) is 1. The van der Waals surface area contributed by atoms with Crippen molar-refractivity contribution in [1.29, 1.82) is 0 Å². The average Bonchev–Trinajstić information content (AvgIpc) is 2.64. The summed E-state index contributed by atoms with van der Waals surface area (Å²) >= 11 is 0. The fourth-order valence-electron chi connectivity index (χ4n) is 1.96. The van der Waals surface area contributed by atoms with Gasteiger partial charge in [0.2, 0.25) is 0 Å². The predicted molar refractivity (Wildman–Crippen MR) is 68.9 cm³/mol. The largest absolute Gasteiger partial charge is 0.504 e. The normalized spacial score (nSPS) is 10.7. The van der Waals surface area contributed by atoms with E-state index < -0.39 is 0 Å². The molecule has 0 spiro atoms. The van der Waals surface area contributed by atoms with Gasteiger partial charge in [-0.1, -0.05) is 43.7 Å². The van der Waals surface area contributed by atoms with Crippen molar-refractivity contribution in [2.45, 2.75) is 26.2 Å². The number of benzene rings is 1. The number of unbranched alkanes of at least 4 members (excludes halogenated alkanes) is 1. The number of rotatable bonds is 4. The Morgan fingerprint density at radius 2 is 1.94 bits per heavy atom. The zero-order valence-electron chi connectivity index (χ0n) is 10.3. The van der Waals surface area contributed by atoms with E-state index in [9.17, 15) is 5.11 Å². The fourth-order valence-corrected chi connectivity index (χ4v) is 1.96. The summed E-state index contributed by atoms with van der Waals surface area (Å²) in [6.45, 7) is 2.14. The molecule has 2 rings (SSSR count). The highest BCUT2D eigenvalue weighted by molar-refractivity contribution is 5.66. The van der Waals surface area contributed by atoms with Gasteiger partial charge in [0.1, 0.15) is 5.69 Å². The highest BCUT2D eigenvalue weighted by Crippen LogP contribution is 2.31. The second-order valence-corrected chi connectivity index (χ2v) is 4.24. The SMILES string of the molecule is CCCCc1c(O)c(-c2ccccc2)nn1C. The summed E-state index contributed by atoms with van der Waals surface area (Å²) in [6.07, 6.45) is 3.06. The first-order valence-electron chi connectivity index (χ1n) is 6.04. The molecule has 0 saturated carbocycles. The van der Waals surface area contributed by atoms with Crippen LogP contribution in [0.5, 0.6) is 5.75 Å². The van der Waals surface area contributed by atoms with Crippen LogP contribution in [0.2, 0.25) is 0 Å². The minimum atomic E-state index is 0.326. The molecule has 0 fully saturated rings. The first-order valence-corrected chi connectivity index (χ1v) is 6.04. The molecule has 3 heteroatoms. The van der Waals surface area contributed by atoms with E-state index in [2.05, 4.69) is 12.0 Å². The Hall–Kier alpha value is -1.77. The molecule has 2 aromatic rings. The van der Waals surface area contributed by atoms with Crippen molar-refractivity contribution in [1.82, 2.24) is 9.78 Å². The number of aromatic nitrogens is 2. The summed E-state index contributed by atoms with van der Waals surface area (Å²) in [6, 6.07) is 9.79. The minimum Gasteiger partial charge on any atom is -0.504 e. The van der Waals surface area contributed by atoms with Gasteiger partial charge >= 0.3 is 0 Å². The summed E-state index contributed by atoms with van der Waals surface area (Å²) in [5, 5.41) is 14.6. The van der Waals surface area contributed by atoms with E-state index in [1.54, 1.807) is 4.68 Å². The van der Waals surface area contributed by atoms with E-state index in [0.717, 1.165) is 30.5 Å². The van der Waals surface area contributed by atoms with Crippen LogP contribution in [-0.4, -0.2) is 14.9 Å². The van der Waals surface area contributed by atoms with E-state index in [4.69, 9.17) is 0 Å². The molecule has 0 atom stereocenters. The van der Waals surface area contributed by atoms with Gasteiger partial charge in [-0.25, -0.2) is 0 Å². The number of aromatic hydroxyl groups is 1. The maximum absolute atomic E-state index is 10.2. The molecule has 1 N–H and O–H groups in total. The van der Waals surface area contributed by atoms with Crippen molar-refractivity contribution in [3.8, 4) is 17.0 Å². The van der Waals surface area contributed by atoms with E-state index in [1.807, 2.05) is 37.4 Å². The Morgan fingerprint density at radius 3 is 2.59 bits per heavy atom. The molecule has 0 amide bonds. The van der Waals surface area contributed by atoms with Gasteiger partial charge in [0.25, 0.3) is 0 Å². The first-order chi connectivity index (χ1) is 8.24. The van der Waals surface area contributed by atoms with Crippen LogP contribution < -0.4 is 0 Å². The third kappa shape index (κ3) is 2.33. The maximum Gasteiger partial charge on any atom is 0.164 e. The Balaban J connectivity index is 2.37.